The van der Waals surface area contributed by atoms with Gasteiger partial charge >= 0.3 is 0 Å². The number of carbonyl (C=O) groups is 1. The number of rotatable bonds is 7. The molecule has 0 aliphatic carbocycles. The molecule has 0 aliphatic heterocycles. The lowest BCUT2D eigenvalue weighted by Gasteiger charge is -2.17. The highest BCUT2D eigenvalue weighted by atomic mass is 19.1. The van der Waals surface area contributed by atoms with Gasteiger partial charge in [0.25, 0.3) is 0 Å². The van der Waals surface area contributed by atoms with Crippen molar-refractivity contribution in [2.24, 2.45) is 0 Å². The van der Waals surface area contributed by atoms with E-state index < -0.39 is 5.82 Å². The zero-order chi connectivity index (χ0) is 16.7. The van der Waals surface area contributed by atoms with Gasteiger partial charge in [-0.05, 0) is 31.0 Å². The van der Waals surface area contributed by atoms with E-state index in [9.17, 15) is 9.18 Å². The van der Waals surface area contributed by atoms with Crippen LogP contribution in [0.4, 0.5) is 10.1 Å². The number of anilines is 1. The van der Waals surface area contributed by atoms with Crippen LogP contribution in [0.1, 0.15) is 38.2 Å². The predicted molar refractivity (Wildman–Crippen MR) is 90.3 cm³/mol. The maximum Gasteiger partial charge on any atom is 0.231 e. The Labute approximate surface area is 136 Å². The van der Waals surface area contributed by atoms with Crippen LogP contribution < -0.4 is 10.1 Å². The molecule has 0 fully saturated rings. The monoisotopic (exact) mass is 315 g/mol. The van der Waals surface area contributed by atoms with Crippen molar-refractivity contribution in [3.63, 3.8) is 0 Å². The second-order valence-corrected chi connectivity index (χ2v) is 5.32. The first-order chi connectivity index (χ1) is 11.2. The van der Waals surface area contributed by atoms with E-state index in [1.54, 1.807) is 13.0 Å². The van der Waals surface area contributed by atoms with Gasteiger partial charge in [-0.25, -0.2) is 4.39 Å². The van der Waals surface area contributed by atoms with Crippen LogP contribution in [0.5, 0.6) is 5.75 Å². The maximum atomic E-state index is 13.9. The van der Waals surface area contributed by atoms with Gasteiger partial charge in [0.1, 0.15) is 0 Å². The zero-order valence-corrected chi connectivity index (χ0v) is 13.5. The Morgan fingerprint density at radius 2 is 1.91 bits per heavy atom. The molecule has 0 radical (unpaired) electrons. The number of hydrogen-bond acceptors (Lipinski definition) is 2. The minimum atomic E-state index is -0.476. The lowest BCUT2D eigenvalue weighted by molar-refractivity contribution is -0.117. The van der Waals surface area contributed by atoms with Crippen LogP contribution in [-0.4, -0.2) is 12.5 Å². The van der Waals surface area contributed by atoms with Crippen molar-refractivity contribution in [3.8, 4) is 5.75 Å². The van der Waals surface area contributed by atoms with E-state index in [0.717, 1.165) is 18.4 Å². The van der Waals surface area contributed by atoms with Crippen LogP contribution >= 0.6 is 0 Å². The molecule has 0 saturated heterocycles. The van der Waals surface area contributed by atoms with E-state index in [1.807, 2.05) is 37.3 Å². The van der Waals surface area contributed by atoms with E-state index in [2.05, 4.69) is 5.32 Å². The number of halogens is 1. The van der Waals surface area contributed by atoms with Gasteiger partial charge in [-0.15, -0.1) is 0 Å². The molecule has 0 heterocycles. The summed E-state index contributed by atoms with van der Waals surface area (Å²) in [4.78, 5) is 12.6. The molecule has 0 aromatic heterocycles. The van der Waals surface area contributed by atoms with Crippen molar-refractivity contribution in [1.29, 1.82) is 0 Å². The van der Waals surface area contributed by atoms with E-state index >= 15 is 0 Å². The molecule has 0 spiro atoms. The standard InChI is InChI=1S/C19H22FNO2/c1-3-8-16(14-9-6-5-7-10-14)19(22)21-15-11-12-18(23-4-2)17(20)13-15/h5-7,9-13,16H,3-4,8H2,1-2H3,(H,21,22). The maximum absolute atomic E-state index is 13.9. The van der Waals surface area contributed by atoms with Gasteiger partial charge in [0.05, 0.1) is 12.5 Å². The zero-order valence-electron chi connectivity index (χ0n) is 13.5. The lowest BCUT2D eigenvalue weighted by Crippen LogP contribution is -2.21. The summed E-state index contributed by atoms with van der Waals surface area (Å²) >= 11 is 0. The van der Waals surface area contributed by atoms with Crippen molar-refractivity contribution in [2.75, 3.05) is 11.9 Å². The predicted octanol–water partition coefficient (Wildman–Crippen LogP) is 4.75. The molecule has 2 rings (SSSR count). The van der Waals surface area contributed by atoms with Gasteiger partial charge in [-0.2, -0.15) is 0 Å². The Morgan fingerprint density at radius 3 is 2.52 bits per heavy atom. The molecule has 2 aromatic rings. The number of carbonyl (C=O) groups excluding carboxylic acids is 1. The van der Waals surface area contributed by atoms with Crippen molar-refractivity contribution >= 4 is 11.6 Å². The highest BCUT2D eigenvalue weighted by Gasteiger charge is 2.20. The third kappa shape index (κ3) is 4.55. The smallest absolute Gasteiger partial charge is 0.231 e. The molecule has 0 saturated carbocycles. The first-order valence-corrected chi connectivity index (χ1v) is 7.93. The molecule has 3 nitrogen and oxygen atoms in total. The number of nitrogens with one attached hydrogen (secondary N) is 1. The summed E-state index contributed by atoms with van der Waals surface area (Å²) in [6.07, 6.45) is 1.64. The summed E-state index contributed by atoms with van der Waals surface area (Å²) in [5.41, 5.74) is 1.41. The van der Waals surface area contributed by atoms with Crippen molar-refractivity contribution in [3.05, 3.63) is 59.9 Å². The fraction of sp³-hybridized carbons (Fsp3) is 0.316. The molecule has 23 heavy (non-hydrogen) atoms. The number of hydrogen-bond donors (Lipinski definition) is 1. The first-order valence-electron chi connectivity index (χ1n) is 7.93. The molecule has 1 amide bonds. The van der Waals surface area contributed by atoms with Crippen LogP contribution in [0, 0.1) is 5.82 Å². The summed E-state index contributed by atoms with van der Waals surface area (Å²) in [6.45, 7) is 4.24. The van der Waals surface area contributed by atoms with E-state index in [0.29, 0.717) is 12.3 Å². The fourth-order valence-electron chi connectivity index (χ4n) is 2.50. The van der Waals surface area contributed by atoms with E-state index in [1.165, 1.54) is 12.1 Å². The normalized spacial score (nSPS) is 11.8. The molecule has 0 bridgehead atoms. The summed E-state index contributed by atoms with van der Waals surface area (Å²) in [6, 6.07) is 14.1. The van der Waals surface area contributed by atoms with Crippen LogP contribution in [0.25, 0.3) is 0 Å². The van der Waals surface area contributed by atoms with Crippen LogP contribution in [0.2, 0.25) is 0 Å². The van der Waals surface area contributed by atoms with Gasteiger partial charge in [-0.3, -0.25) is 4.79 Å². The van der Waals surface area contributed by atoms with Gasteiger partial charge in [0, 0.05) is 11.8 Å². The molecule has 122 valence electrons. The summed E-state index contributed by atoms with van der Waals surface area (Å²) in [5.74, 6) is -0.646. The number of ether oxygens (including phenoxy) is 1. The molecule has 0 aliphatic rings. The molecular weight excluding hydrogens is 293 g/mol. The molecule has 1 atom stereocenters. The lowest BCUT2D eigenvalue weighted by atomic mass is 9.93. The fourth-order valence-corrected chi connectivity index (χ4v) is 2.50. The SMILES string of the molecule is CCCC(C(=O)Nc1ccc(OCC)c(F)c1)c1ccccc1. The topological polar surface area (TPSA) is 38.3 Å². The van der Waals surface area contributed by atoms with Gasteiger partial charge < -0.3 is 10.1 Å². The van der Waals surface area contributed by atoms with Crippen LogP contribution in [0.3, 0.4) is 0 Å². The highest BCUT2D eigenvalue weighted by molar-refractivity contribution is 5.95. The Balaban J connectivity index is 2.14. The van der Waals surface area contributed by atoms with Crippen molar-refractivity contribution in [1.82, 2.24) is 0 Å². The third-order valence-corrected chi connectivity index (χ3v) is 3.60. The number of benzene rings is 2. The third-order valence-electron chi connectivity index (χ3n) is 3.60. The summed E-state index contributed by atoms with van der Waals surface area (Å²) in [7, 11) is 0. The first kappa shape index (κ1) is 17.0. The average Bonchev–Trinajstić information content (AvgIpc) is 2.56. The second-order valence-electron chi connectivity index (χ2n) is 5.32. The largest absolute Gasteiger partial charge is 0.491 e. The Hall–Kier alpha value is -2.36. The van der Waals surface area contributed by atoms with E-state index in [-0.39, 0.29) is 17.6 Å². The minimum absolute atomic E-state index is 0.124. The summed E-state index contributed by atoms with van der Waals surface area (Å²) < 4.78 is 19.0. The molecule has 1 unspecified atom stereocenters. The van der Waals surface area contributed by atoms with Crippen LogP contribution in [0.15, 0.2) is 48.5 Å². The summed E-state index contributed by atoms with van der Waals surface area (Å²) in [5, 5.41) is 2.80. The van der Waals surface area contributed by atoms with Gasteiger partial charge in [0.15, 0.2) is 11.6 Å². The molecule has 1 N–H and O–H groups in total. The highest BCUT2D eigenvalue weighted by Crippen LogP contribution is 2.25. The average molecular weight is 315 g/mol. The van der Waals surface area contributed by atoms with Crippen molar-refractivity contribution < 1.29 is 13.9 Å². The quantitative estimate of drug-likeness (QED) is 0.801. The Kier molecular flexibility index (Phi) is 6.15. The van der Waals surface area contributed by atoms with Gasteiger partial charge in [0.2, 0.25) is 5.91 Å². The minimum Gasteiger partial charge on any atom is -0.491 e. The molecular formula is C19H22FNO2. The van der Waals surface area contributed by atoms with Crippen LogP contribution in [-0.2, 0) is 4.79 Å². The Morgan fingerprint density at radius 1 is 1.17 bits per heavy atom. The number of amides is 1. The molecule has 4 heteroatoms. The Bertz CT molecular complexity index is 643. The second kappa shape index (κ2) is 8.32. The molecule has 2 aromatic carbocycles. The van der Waals surface area contributed by atoms with E-state index in [4.69, 9.17) is 4.74 Å². The van der Waals surface area contributed by atoms with Gasteiger partial charge in [-0.1, -0.05) is 43.7 Å². The van der Waals surface area contributed by atoms with Crippen molar-refractivity contribution in [2.45, 2.75) is 32.6 Å².